The van der Waals surface area contributed by atoms with Crippen LogP contribution in [0.25, 0.3) is 0 Å². The molecule has 0 saturated heterocycles. The first-order valence-electron chi connectivity index (χ1n) is 5.09. The molecule has 0 amide bonds. The molecule has 0 unspecified atom stereocenters. The lowest BCUT2D eigenvalue weighted by Crippen LogP contribution is -2.11. The minimum absolute atomic E-state index is 0.0614. The van der Waals surface area contributed by atoms with E-state index in [0.29, 0.717) is 6.54 Å². The van der Waals surface area contributed by atoms with Crippen molar-refractivity contribution in [3.8, 4) is 0 Å². The second-order valence-corrected chi connectivity index (χ2v) is 3.48. The van der Waals surface area contributed by atoms with Crippen LogP contribution in [-0.4, -0.2) is 15.0 Å². The summed E-state index contributed by atoms with van der Waals surface area (Å²) in [5.41, 5.74) is -0.135. The van der Waals surface area contributed by atoms with Crippen LogP contribution in [0.15, 0.2) is 36.8 Å². The molecule has 2 aromatic rings. The first-order chi connectivity index (χ1) is 8.55. The lowest BCUT2D eigenvalue weighted by atomic mass is 10.3. The predicted octanol–water partition coefficient (Wildman–Crippen LogP) is 2.50. The van der Waals surface area contributed by atoms with Crippen LogP contribution in [0.4, 0.5) is 19.1 Å². The van der Waals surface area contributed by atoms with Crippen LogP contribution in [0.5, 0.6) is 0 Å². The fraction of sp³-hybridized carbons (Fsp3) is 0.182. The van der Waals surface area contributed by atoms with Crippen LogP contribution in [0.3, 0.4) is 0 Å². The minimum Gasteiger partial charge on any atom is -0.350 e. The van der Waals surface area contributed by atoms with Crippen molar-refractivity contribution < 1.29 is 13.2 Å². The van der Waals surface area contributed by atoms with Gasteiger partial charge in [0.2, 0.25) is 5.95 Å². The third-order valence-electron chi connectivity index (χ3n) is 2.12. The van der Waals surface area contributed by atoms with Crippen LogP contribution in [0, 0.1) is 0 Å². The Bertz CT molecular complexity index is 513. The SMILES string of the molecule is FC(F)(F)c1ccnc(NCc2cccnc2)n1. The zero-order chi connectivity index (χ0) is 13.0. The smallest absolute Gasteiger partial charge is 0.350 e. The van der Waals surface area contributed by atoms with Gasteiger partial charge in [0.25, 0.3) is 0 Å². The number of pyridine rings is 1. The molecule has 4 nitrogen and oxygen atoms in total. The van der Waals surface area contributed by atoms with Gasteiger partial charge in [-0.1, -0.05) is 6.07 Å². The highest BCUT2D eigenvalue weighted by atomic mass is 19.4. The fourth-order valence-electron chi connectivity index (χ4n) is 1.29. The highest BCUT2D eigenvalue weighted by molar-refractivity contribution is 5.28. The monoisotopic (exact) mass is 254 g/mol. The molecule has 0 aromatic carbocycles. The van der Waals surface area contributed by atoms with E-state index in [-0.39, 0.29) is 5.95 Å². The maximum absolute atomic E-state index is 12.4. The summed E-state index contributed by atoms with van der Waals surface area (Å²) in [4.78, 5) is 11.0. The molecule has 2 rings (SSSR count). The van der Waals surface area contributed by atoms with E-state index in [1.807, 2.05) is 0 Å². The predicted molar refractivity (Wildman–Crippen MR) is 58.6 cm³/mol. The second-order valence-electron chi connectivity index (χ2n) is 3.48. The Morgan fingerprint density at radius 3 is 2.67 bits per heavy atom. The molecule has 18 heavy (non-hydrogen) atoms. The Morgan fingerprint density at radius 1 is 1.17 bits per heavy atom. The molecule has 0 spiro atoms. The number of rotatable bonds is 3. The molecule has 0 radical (unpaired) electrons. The highest BCUT2D eigenvalue weighted by Crippen LogP contribution is 2.27. The molecular weight excluding hydrogens is 245 g/mol. The zero-order valence-electron chi connectivity index (χ0n) is 9.15. The van der Waals surface area contributed by atoms with E-state index in [1.54, 1.807) is 24.5 Å². The quantitative estimate of drug-likeness (QED) is 0.914. The molecule has 1 N–H and O–H groups in total. The van der Waals surface area contributed by atoms with E-state index >= 15 is 0 Å². The molecule has 7 heteroatoms. The molecule has 0 atom stereocenters. The second kappa shape index (κ2) is 4.99. The van der Waals surface area contributed by atoms with Crippen LogP contribution in [-0.2, 0) is 12.7 Å². The summed E-state index contributed by atoms with van der Waals surface area (Å²) in [6.07, 6.45) is -0.167. The number of halogens is 3. The van der Waals surface area contributed by atoms with E-state index in [4.69, 9.17) is 0 Å². The van der Waals surface area contributed by atoms with Crippen molar-refractivity contribution in [1.29, 1.82) is 0 Å². The number of nitrogens with zero attached hydrogens (tertiary/aromatic N) is 3. The zero-order valence-corrected chi connectivity index (χ0v) is 9.15. The van der Waals surface area contributed by atoms with Gasteiger partial charge in [-0.15, -0.1) is 0 Å². The van der Waals surface area contributed by atoms with Crippen molar-refractivity contribution >= 4 is 5.95 Å². The van der Waals surface area contributed by atoms with Crippen molar-refractivity contribution in [3.63, 3.8) is 0 Å². The van der Waals surface area contributed by atoms with Gasteiger partial charge in [0.15, 0.2) is 0 Å². The van der Waals surface area contributed by atoms with Crippen LogP contribution in [0.2, 0.25) is 0 Å². The van der Waals surface area contributed by atoms with Crippen LogP contribution < -0.4 is 5.32 Å². The largest absolute Gasteiger partial charge is 0.433 e. The van der Waals surface area contributed by atoms with Crippen molar-refractivity contribution in [1.82, 2.24) is 15.0 Å². The third-order valence-corrected chi connectivity index (χ3v) is 2.12. The van der Waals surface area contributed by atoms with Gasteiger partial charge in [-0.2, -0.15) is 13.2 Å². The van der Waals surface area contributed by atoms with Gasteiger partial charge in [0.05, 0.1) is 0 Å². The van der Waals surface area contributed by atoms with Gasteiger partial charge in [-0.3, -0.25) is 4.98 Å². The van der Waals surface area contributed by atoms with Gasteiger partial charge in [-0.05, 0) is 17.7 Å². The molecule has 0 fully saturated rings. The van der Waals surface area contributed by atoms with Crippen molar-refractivity contribution in [3.05, 3.63) is 48.0 Å². The summed E-state index contributed by atoms with van der Waals surface area (Å²) in [7, 11) is 0. The summed E-state index contributed by atoms with van der Waals surface area (Å²) >= 11 is 0. The Kier molecular flexibility index (Phi) is 3.40. The Morgan fingerprint density at radius 2 is 2.00 bits per heavy atom. The van der Waals surface area contributed by atoms with E-state index in [2.05, 4.69) is 20.3 Å². The molecule has 0 aliphatic carbocycles. The standard InChI is InChI=1S/C11H9F3N4/c12-11(13,14)9-3-5-16-10(18-9)17-7-8-2-1-4-15-6-8/h1-6H,7H2,(H,16,17,18). The number of aromatic nitrogens is 3. The molecule has 2 heterocycles. The maximum atomic E-state index is 12.4. The molecule has 0 bridgehead atoms. The Balaban J connectivity index is 2.06. The van der Waals surface area contributed by atoms with Gasteiger partial charge < -0.3 is 5.32 Å². The Labute approximate surface area is 101 Å². The van der Waals surface area contributed by atoms with Gasteiger partial charge >= 0.3 is 6.18 Å². The van der Waals surface area contributed by atoms with Crippen molar-refractivity contribution in [2.45, 2.75) is 12.7 Å². The molecule has 0 saturated carbocycles. The average molecular weight is 254 g/mol. The molecular formula is C11H9F3N4. The maximum Gasteiger partial charge on any atom is 0.433 e. The summed E-state index contributed by atoms with van der Waals surface area (Å²) in [5, 5.41) is 2.71. The summed E-state index contributed by atoms with van der Waals surface area (Å²) < 4.78 is 37.2. The number of hydrogen-bond donors (Lipinski definition) is 1. The average Bonchev–Trinajstić information content (AvgIpc) is 2.37. The summed E-state index contributed by atoms with van der Waals surface area (Å²) in [6.45, 7) is 0.315. The topological polar surface area (TPSA) is 50.7 Å². The fourth-order valence-corrected chi connectivity index (χ4v) is 1.29. The lowest BCUT2D eigenvalue weighted by Gasteiger charge is -2.08. The van der Waals surface area contributed by atoms with Gasteiger partial charge in [-0.25, -0.2) is 9.97 Å². The normalized spacial score (nSPS) is 11.3. The van der Waals surface area contributed by atoms with Crippen molar-refractivity contribution in [2.75, 3.05) is 5.32 Å². The first-order valence-corrected chi connectivity index (χ1v) is 5.09. The molecule has 0 aliphatic rings. The van der Waals surface area contributed by atoms with Gasteiger partial charge in [0, 0.05) is 25.1 Å². The van der Waals surface area contributed by atoms with Crippen molar-refractivity contribution in [2.24, 2.45) is 0 Å². The van der Waals surface area contributed by atoms with Gasteiger partial charge in [0.1, 0.15) is 5.69 Å². The lowest BCUT2D eigenvalue weighted by molar-refractivity contribution is -0.141. The van der Waals surface area contributed by atoms with E-state index in [0.717, 1.165) is 17.8 Å². The highest BCUT2D eigenvalue weighted by Gasteiger charge is 2.32. The van der Waals surface area contributed by atoms with Crippen LogP contribution >= 0.6 is 0 Å². The third kappa shape index (κ3) is 3.16. The molecule has 0 aliphatic heterocycles. The van der Waals surface area contributed by atoms with E-state index in [9.17, 15) is 13.2 Å². The number of hydrogen-bond acceptors (Lipinski definition) is 4. The summed E-state index contributed by atoms with van der Waals surface area (Å²) in [5.74, 6) is -0.0614. The molecule has 2 aromatic heterocycles. The Hall–Kier alpha value is -2.18. The van der Waals surface area contributed by atoms with E-state index < -0.39 is 11.9 Å². The van der Waals surface area contributed by atoms with E-state index in [1.165, 1.54) is 0 Å². The number of nitrogens with one attached hydrogen (secondary N) is 1. The van der Waals surface area contributed by atoms with Crippen LogP contribution in [0.1, 0.15) is 11.3 Å². The minimum atomic E-state index is -4.46. The number of alkyl halides is 3. The summed E-state index contributed by atoms with van der Waals surface area (Å²) in [6, 6.07) is 4.37. The number of anilines is 1. The molecule has 94 valence electrons. The first kappa shape index (κ1) is 12.3.